The summed E-state index contributed by atoms with van der Waals surface area (Å²) in [7, 11) is 0. The Hall–Kier alpha value is -1.31. The second kappa shape index (κ2) is 9.46. The van der Waals surface area contributed by atoms with E-state index in [4.69, 9.17) is 9.47 Å². The minimum atomic E-state index is -1.51. The molecule has 0 aromatic rings. The number of fused-ring (bicyclic) bond motifs is 2. The minimum absolute atomic E-state index is 0.158. The Bertz CT molecular complexity index is 649. The number of esters is 1. The third-order valence-electron chi connectivity index (χ3n) is 5.73. The quantitative estimate of drug-likeness (QED) is 0.534. The van der Waals surface area contributed by atoms with Gasteiger partial charge < -0.3 is 19.9 Å². The number of ether oxygens (including phenoxy) is 2. The van der Waals surface area contributed by atoms with Crippen molar-refractivity contribution in [1.29, 1.82) is 0 Å². The number of hydrogen-bond acceptors (Lipinski definition) is 6. The van der Waals surface area contributed by atoms with Gasteiger partial charge in [-0.2, -0.15) is 0 Å². The topological polar surface area (TPSA) is 84.9 Å². The van der Waals surface area contributed by atoms with Crippen LogP contribution in [0.2, 0.25) is 0 Å². The average Bonchev–Trinajstić information content (AvgIpc) is 3.09. The molecule has 3 aliphatic heterocycles. The predicted molar refractivity (Wildman–Crippen MR) is 109 cm³/mol. The number of carbonyl (C=O) groups excluding carboxylic acids is 2. The molecule has 6 nitrogen and oxygen atoms in total. The molecule has 0 spiro atoms. The lowest BCUT2D eigenvalue weighted by Crippen LogP contribution is -2.58. The molecule has 3 heterocycles. The van der Waals surface area contributed by atoms with Crippen molar-refractivity contribution < 1.29 is 24.2 Å². The largest absolute Gasteiger partial charge is 0.459 e. The first-order valence-electron chi connectivity index (χ1n) is 10.3. The number of allylic oxidation sites excluding steroid dienone is 3. The predicted octanol–water partition coefficient (Wildman–Crippen LogP) is 3.69. The van der Waals surface area contributed by atoms with Crippen LogP contribution >= 0.6 is 11.8 Å². The third kappa shape index (κ3) is 5.61. The molecule has 0 radical (unpaired) electrons. The molecule has 1 amide bonds. The molecule has 2 saturated heterocycles. The molecule has 5 atom stereocenters. The van der Waals surface area contributed by atoms with Crippen LogP contribution < -0.4 is 5.32 Å². The van der Waals surface area contributed by atoms with Crippen molar-refractivity contribution in [3.63, 3.8) is 0 Å². The molecule has 7 heteroatoms. The van der Waals surface area contributed by atoms with Crippen LogP contribution in [0.3, 0.4) is 0 Å². The van der Waals surface area contributed by atoms with Gasteiger partial charge in [0.05, 0.1) is 12.1 Å². The fourth-order valence-corrected chi connectivity index (χ4v) is 4.95. The van der Waals surface area contributed by atoms with E-state index in [2.05, 4.69) is 24.4 Å². The molecular weight excluding hydrogens is 378 g/mol. The van der Waals surface area contributed by atoms with Gasteiger partial charge in [0.15, 0.2) is 5.79 Å². The van der Waals surface area contributed by atoms with Crippen molar-refractivity contribution in [3.05, 3.63) is 23.8 Å². The first-order valence-corrected chi connectivity index (χ1v) is 11.3. The lowest BCUT2D eigenvalue weighted by atomic mass is 9.90. The van der Waals surface area contributed by atoms with Crippen LogP contribution in [0, 0.1) is 5.92 Å². The third-order valence-corrected chi connectivity index (χ3v) is 6.61. The summed E-state index contributed by atoms with van der Waals surface area (Å²) in [6, 6.07) is -0.494. The van der Waals surface area contributed by atoms with Crippen LogP contribution in [0.1, 0.15) is 58.8 Å². The van der Waals surface area contributed by atoms with E-state index in [1.165, 1.54) is 0 Å². The van der Waals surface area contributed by atoms with Gasteiger partial charge in [-0.1, -0.05) is 43.3 Å². The van der Waals surface area contributed by atoms with Crippen LogP contribution in [0.15, 0.2) is 23.8 Å². The van der Waals surface area contributed by atoms with Gasteiger partial charge in [0.2, 0.25) is 0 Å². The summed E-state index contributed by atoms with van der Waals surface area (Å²) in [5.41, 5.74) is 1.07. The zero-order valence-electron chi connectivity index (χ0n) is 16.7. The summed E-state index contributed by atoms with van der Waals surface area (Å²) in [6.07, 6.45) is 10.4. The summed E-state index contributed by atoms with van der Waals surface area (Å²) in [5.74, 6) is -1.01. The van der Waals surface area contributed by atoms with Gasteiger partial charge in [0, 0.05) is 24.7 Å². The maximum atomic E-state index is 12.4. The highest BCUT2D eigenvalue weighted by molar-refractivity contribution is 8.14. The Morgan fingerprint density at radius 1 is 1.32 bits per heavy atom. The summed E-state index contributed by atoms with van der Waals surface area (Å²) in [6.45, 7) is 4.22. The first kappa shape index (κ1) is 21.4. The molecule has 3 rings (SSSR count). The van der Waals surface area contributed by atoms with Crippen LogP contribution in [-0.2, 0) is 14.3 Å². The van der Waals surface area contributed by atoms with Crippen molar-refractivity contribution in [2.75, 3.05) is 5.75 Å². The maximum Gasteiger partial charge on any atom is 0.330 e. The Labute approximate surface area is 171 Å². The number of carbonyl (C=O) groups is 2. The number of nitrogens with one attached hydrogen (secondary N) is 1. The normalized spacial score (nSPS) is 40.6. The second-order valence-electron chi connectivity index (χ2n) is 8.06. The summed E-state index contributed by atoms with van der Waals surface area (Å²) >= 11 is 1.14. The molecule has 0 saturated carbocycles. The zero-order chi connectivity index (χ0) is 20.1. The van der Waals surface area contributed by atoms with E-state index in [1.54, 1.807) is 6.08 Å². The first-order chi connectivity index (χ1) is 13.4. The van der Waals surface area contributed by atoms with E-state index in [-0.39, 0.29) is 23.7 Å². The van der Waals surface area contributed by atoms with Gasteiger partial charge in [0.25, 0.3) is 5.24 Å². The zero-order valence-corrected chi connectivity index (χ0v) is 17.5. The smallest absolute Gasteiger partial charge is 0.330 e. The van der Waals surface area contributed by atoms with Crippen molar-refractivity contribution in [2.45, 2.75) is 82.8 Å². The number of amides is 1. The van der Waals surface area contributed by atoms with Crippen molar-refractivity contribution in [3.8, 4) is 0 Å². The fourth-order valence-electron chi connectivity index (χ4n) is 4.06. The van der Waals surface area contributed by atoms with Gasteiger partial charge in [-0.3, -0.25) is 4.79 Å². The molecule has 0 aliphatic carbocycles. The second-order valence-corrected chi connectivity index (χ2v) is 9.05. The molecule has 2 bridgehead atoms. The standard InChI is InChI=1S/C21H31NO5S/c1-3-15-7-5-4-6-14(2)8-9-16-11-17(26-19(23)10-15)12-21(25,27-16)18-13-28-20(24)22-18/h4,6,10,14,16-18,25H,3,5,7-9,11-13H2,1-2H3,(H,22,24)/b6-4-,15-10-/t14?,16-,17?,18?,21?/m1/s1. The molecule has 4 unspecified atom stereocenters. The number of aliphatic hydroxyl groups is 1. The van der Waals surface area contributed by atoms with E-state index in [0.717, 1.165) is 49.4 Å². The van der Waals surface area contributed by atoms with Gasteiger partial charge in [-0.05, 0) is 38.0 Å². The van der Waals surface area contributed by atoms with Crippen LogP contribution in [0.25, 0.3) is 0 Å². The highest BCUT2D eigenvalue weighted by Gasteiger charge is 2.49. The maximum absolute atomic E-state index is 12.4. The van der Waals surface area contributed by atoms with Crippen molar-refractivity contribution >= 4 is 23.0 Å². The van der Waals surface area contributed by atoms with Crippen molar-refractivity contribution in [1.82, 2.24) is 5.32 Å². The fraction of sp³-hybridized carbons (Fsp3) is 0.714. The van der Waals surface area contributed by atoms with E-state index < -0.39 is 17.9 Å². The van der Waals surface area contributed by atoms with E-state index in [9.17, 15) is 14.7 Å². The van der Waals surface area contributed by atoms with Gasteiger partial charge in [0.1, 0.15) is 6.10 Å². The lowest BCUT2D eigenvalue weighted by Gasteiger charge is -2.43. The minimum Gasteiger partial charge on any atom is -0.459 e. The van der Waals surface area contributed by atoms with E-state index in [1.807, 2.05) is 6.92 Å². The highest BCUT2D eigenvalue weighted by atomic mass is 32.2. The Balaban J connectivity index is 1.79. The van der Waals surface area contributed by atoms with Crippen LogP contribution in [0.5, 0.6) is 0 Å². The Kier molecular flexibility index (Phi) is 7.23. The highest BCUT2D eigenvalue weighted by Crippen LogP contribution is 2.37. The van der Waals surface area contributed by atoms with Gasteiger partial charge in [-0.25, -0.2) is 4.79 Å². The van der Waals surface area contributed by atoms with Crippen LogP contribution in [-0.4, -0.2) is 46.1 Å². The number of rotatable bonds is 2. The Morgan fingerprint density at radius 2 is 2.14 bits per heavy atom. The molecular formula is C21H31NO5S. The summed E-state index contributed by atoms with van der Waals surface area (Å²) in [5, 5.41) is 13.8. The molecule has 0 aromatic carbocycles. The SMILES string of the molecule is CC/C1=C/C(=O)OC2C[C@@H](CCC(C)/C=C\CC1)OC(O)(C1CSC(=O)N1)C2. The van der Waals surface area contributed by atoms with E-state index in [0.29, 0.717) is 18.1 Å². The monoisotopic (exact) mass is 409 g/mol. The average molecular weight is 410 g/mol. The molecule has 2 N–H and O–H groups in total. The molecule has 2 fully saturated rings. The molecule has 28 heavy (non-hydrogen) atoms. The molecule has 156 valence electrons. The van der Waals surface area contributed by atoms with Crippen LogP contribution in [0.4, 0.5) is 4.79 Å². The number of thioether (sulfide) groups is 1. The van der Waals surface area contributed by atoms with Crippen molar-refractivity contribution in [2.24, 2.45) is 5.92 Å². The molecule has 3 aliphatic rings. The Morgan fingerprint density at radius 3 is 2.86 bits per heavy atom. The van der Waals surface area contributed by atoms with Gasteiger partial charge >= 0.3 is 5.97 Å². The van der Waals surface area contributed by atoms with Gasteiger partial charge in [-0.15, -0.1) is 0 Å². The number of hydrogen-bond donors (Lipinski definition) is 2. The summed E-state index contributed by atoms with van der Waals surface area (Å²) in [4.78, 5) is 24.1. The lowest BCUT2D eigenvalue weighted by molar-refractivity contribution is -0.283. The molecule has 0 aromatic heterocycles. The summed E-state index contributed by atoms with van der Waals surface area (Å²) < 4.78 is 11.8. The van der Waals surface area contributed by atoms with E-state index >= 15 is 0 Å².